The van der Waals surface area contributed by atoms with Gasteiger partial charge in [-0.05, 0) is 71.4 Å². The Kier molecular flexibility index (Phi) is 10.8. The normalized spacial score (nSPS) is 21.5. The van der Waals surface area contributed by atoms with E-state index >= 15 is 0 Å². The van der Waals surface area contributed by atoms with Gasteiger partial charge in [-0.2, -0.15) is 4.98 Å². The molecule has 218 valence electrons. The van der Waals surface area contributed by atoms with Gasteiger partial charge < -0.3 is 24.8 Å². The molecule has 2 fully saturated rings. The van der Waals surface area contributed by atoms with E-state index in [0.29, 0.717) is 28.9 Å². The average molecular weight is 730 g/mol. The zero-order chi connectivity index (χ0) is 28.7. The Morgan fingerprint density at radius 1 is 1.12 bits per heavy atom. The Hall–Kier alpha value is -0.628. The number of piperidine rings is 1. The summed E-state index contributed by atoms with van der Waals surface area (Å²) in [5.41, 5.74) is 4.05. The number of nitrogens with one attached hydrogen (secondary N) is 3. The molecule has 0 amide bonds. The second-order valence-electron chi connectivity index (χ2n) is 12.0. The first-order valence-electron chi connectivity index (χ1n) is 14.4. The van der Waals surface area contributed by atoms with E-state index in [9.17, 15) is 4.57 Å². The van der Waals surface area contributed by atoms with Crippen LogP contribution in [0.4, 0.5) is 28.8 Å². The van der Waals surface area contributed by atoms with E-state index in [4.69, 9.17) is 16.3 Å². The molecular formula is C30H40ClCsN7O2P+2. The molecule has 42 heavy (non-hydrogen) atoms. The summed E-state index contributed by atoms with van der Waals surface area (Å²) in [5.74, 6) is 1.79. The molecule has 0 bridgehead atoms. The third kappa shape index (κ3) is 7.26. The Morgan fingerprint density at radius 3 is 2.64 bits per heavy atom. The number of nitrogens with zero attached hydrogens (tertiary/aromatic N) is 4. The van der Waals surface area contributed by atoms with Crippen LogP contribution in [0.15, 0.2) is 42.6 Å². The molecule has 2 aromatic carbocycles. The van der Waals surface area contributed by atoms with E-state index < -0.39 is 7.14 Å². The summed E-state index contributed by atoms with van der Waals surface area (Å²) in [5, 5.41) is 7.74. The van der Waals surface area contributed by atoms with E-state index in [1.807, 2.05) is 24.3 Å². The van der Waals surface area contributed by atoms with Gasteiger partial charge in [0.25, 0.3) is 0 Å². The number of rotatable bonds is 6. The summed E-state index contributed by atoms with van der Waals surface area (Å²) in [6.07, 6.45) is 4.09. The summed E-state index contributed by atoms with van der Waals surface area (Å²) in [6, 6.07) is 12.9. The van der Waals surface area contributed by atoms with Crippen LogP contribution >= 0.6 is 18.7 Å². The van der Waals surface area contributed by atoms with Crippen molar-refractivity contribution in [3.63, 3.8) is 0 Å². The summed E-state index contributed by atoms with van der Waals surface area (Å²) in [7, 11) is -0.275. The van der Waals surface area contributed by atoms with Gasteiger partial charge in [-0.3, -0.25) is 9.80 Å². The number of benzene rings is 2. The number of para-hydroxylation sites is 1. The number of ether oxygens (including phenoxy) is 1. The van der Waals surface area contributed by atoms with Crippen molar-refractivity contribution in [1.82, 2.24) is 19.8 Å². The van der Waals surface area contributed by atoms with Gasteiger partial charge in [-0.25, -0.2) is 4.98 Å². The summed E-state index contributed by atoms with van der Waals surface area (Å²) >= 11 is 6.45. The summed E-state index contributed by atoms with van der Waals surface area (Å²) in [6.45, 7) is 12.1. The van der Waals surface area contributed by atoms with Gasteiger partial charge in [-0.15, -0.1) is 0 Å². The van der Waals surface area contributed by atoms with E-state index in [1.54, 1.807) is 19.5 Å². The van der Waals surface area contributed by atoms with Crippen molar-refractivity contribution in [1.29, 1.82) is 0 Å². The van der Waals surface area contributed by atoms with E-state index in [0.717, 1.165) is 48.7 Å². The van der Waals surface area contributed by atoms with E-state index in [2.05, 4.69) is 56.5 Å². The van der Waals surface area contributed by atoms with Gasteiger partial charge in [0.15, 0.2) is 17.3 Å². The van der Waals surface area contributed by atoms with Crippen LogP contribution in [0.5, 0.6) is 5.75 Å². The Balaban J connectivity index is 0.00000353. The molecule has 1 aromatic heterocycles. The monoisotopic (exact) mass is 729 g/mol. The van der Waals surface area contributed by atoms with Gasteiger partial charge in [0.2, 0.25) is 5.95 Å². The fraction of sp³-hybridized carbons (Fsp3) is 0.467. The number of halogens is 1. The first-order valence-corrected chi connectivity index (χ1v) is 17.4. The molecule has 3 aromatic rings. The molecule has 4 heterocycles. The number of anilines is 4. The van der Waals surface area contributed by atoms with Gasteiger partial charge in [0.05, 0.1) is 25.0 Å². The number of aryl methyl sites for hydroxylation is 1. The maximum Gasteiger partial charge on any atom is 1.00 e. The molecular weight excluding hydrogens is 690 g/mol. The third-order valence-electron chi connectivity index (χ3n) is 8.62. The largest absolute Gasteiger partial charge is 1.00 e. The Labute approximate surface area is 312 Å². The van der Waals surface area contributed by atoms with Crippen molar-refractivity contribution in [2.24, 2.45) is 0 Å². The van der Waals surface area contributed by atoms with Crippen LogP contribution in [0.3, 0.4) is 0 Å². The predicted octanol–water partition coefficient (Wildman–Crippen LogP) is 0.865. The van der Waals surface area contributed by atoms with Gasteiger partial charge in [0.1, 0.15) is 24.8 Å². The fourth-order valence-corrected chi connectivity index (χ4v) is 7.78. The molecule has 12 heteroatoms. The van der Waals surface area contributed by atoms with Crippen molar-refractivity contribution < 1.29 is 83.1 Å². The second-order valence-corrected chi connectivity index (χ2v) is 15.6. The predicted molar refractivity (Wildman–Crippen MR) is 167 cm³/mol. The topological polar surface area (TPSA) is 87.1 Å². The number of quaternary nitrogens is 1. The number of hydrogen-bond acceptors (Lipinski definition) is 8. The zero-order valence-corrected chi connectivity index (χ0v) is 33.2. The molecule has 0 aliphatic carbocycles. The second kappa shape index (κ2) is 13.8. The van der Waals surface area contributed by atoms with Crippen LogP contribution in [0.1, 0.15) is 18.4 Å². The number of piperazine rings is 1. The first kappa shape index (κ1) is 32.8. The van der Waals surface area contributed by atoms with Crippen molar-refractivity contribution in [3.05, 3.63) is 53.2 Å². The molecule has 0 radical (unpaired) electrons. The SMILES string of the molecule is Cc1cc(Nc2ncc(Cl)c(Nc3ccccc3P(C)(C)=O)n2)cc2c1[NH+]1CCN(C3CCN(C)CC3)CC1CO2.[Cs+]. The molecule has 2 unspecified atom stereocenters. The molecule has 9 nitrogen and oxygen atoms in total. The van der Waals surface area contributed by atoms with E-state index in [1.165, 1.54) is 42.1 Å². The maximum absolute atomic E-state index is 12.8. The standard InChI is InChI=1S/C30H39ClN7O2P.Cs/c1-20-15-21(33-30-32-17-24(31)29(35-30)34-25-7-5-6-8-27(25)41(3,4)39)16-26-28(20)38-14-13-37(18-23(38)19-40-26)22-9-11-36(2)12-10-22;/h5-8,15-17,22-23H,9-14,18-19H2,1-4H3,(H2,32,33,34,35);/q;+1/p+1. The van der Waals surface area contributed by atoms with Crippen LogP contribution in [-0.2, 0) is 4.57 Å². The van der Waals surface area contributed by atoms with Crippen LogP contribution < -0.4 is 94.5 Å². The van der Waals surface area contributed by atoms with Crippen LogP contribution in [0.2, 0.25) is 5.02 Å². The van der Waals surface area contributed by atoms with Crippen molar-refractivity contribution in [2.75, 3.05) is 70.3 Å². The molecule has 6 rings (SSSR count). The van der Waals surface area contributed by atoms with Crippen LogP contribution in [0.25, 0.3) is 0 Å². The minimum Gasteiger partial charge on any atom is -0.481 e. The van der Waals surface area contributed by atoms with E-state index in [-0.39, 0.29) is 68.9 Å². The number of aromatic nitrogens is 2. The molecule has 3 aliphatic rings. The average Bonchev–Trinajstić information content (AvgIpc) is 2.94. The molecule has 3 N–H and O–H groups in total. The minimum atomic E-state index is -2.50. The Morgan fingerprint density at radius 2 is 1.88 bits per heavy atom. The van der Waals surface area contributed by atoms with Crippen LogP contribution in [0, 0.1) is 6.92 Å². The fourth-order valence-electron chi connectivity index (χ4n) is 6.49. The van der Waals surface area contributed by atoms with Crippen molar-refractivity contribution >= 4 is 52.9 Å². The molecule has 2 atom stereocenters. The zero-order valence-electron chi connectivity index (χ0n) is 25.3. The number of likely N-dealkylation sites (tertiary alicyclic amines) is 1. The smallest absolute Gasteiger partial charge is 0.481 e. The van der Waals surface area contributed by atoms with Gasteiger partial charge in [-0.1, -0.05) is 23.7 Å². The van der Waals surface area contributed by atoms with Gasteiger partial charge in [0, 0.05) is 35.2 Å². The molecule has 0 spiro atoms. The summed E-state index contributed by atoms with van der Waals surface area (Å²) < 4.78 is 19.2. The maximum atomic E-state index is 12.8. The van der Waals surface area contributed by atoms with Crippen molar-refractivity contribution in [2.45, 2.75) is 31.8 Å². The minimum absolute atomic E-state index is 0. The van der Waals surface area contributed by atoms with Crippen LogP contribution in [-0.4, -0.2) is 91.6 Å². The van der Waals surface area contributed by atoms with Crippen molar-refractivity contribution in [3.8, 4) is 5.75 Å². The number of fused-ring (bicyclic) bond motifs is 3. The quantitative estimate of drug-likeness (QED) is 0.323. The first-order chi connectivity index (χ1) is 19.7. The third-order valence-corrected chi connectivity index (χ3v) is 10.4. The molecule has 2 saturated heterocycles. The summed E-state index contributed by atoms with van der Waals surface area (Å²) in [4.78, 5) is 15.7. The molecule has 3 aliphatic heterocycles. The Bertz CT molecular complexity index is 1480. The number of hydrogen-bond donors (Lipinski definition) is 3. The van der Waals surface area contributed by atoms with Gasteiger partial charge >= 0.3 is 68.9 Å². The molecule has 0 saturated carbocycles.